The molecule has 2 amide bonds. The molecule has 0 bridgehead atoms. The lowest BCUT2D eigenvalue weighted by Crippen LogP contribution is -2.18. The molecule has 0 atom stereocenters. The average molecular weight is 425 g/mol. The molecular weight excluding hydrogens is 408 g/mol. The van der Waals surface area contributed by atoms with Crippen molar-refractivity contribution in [2.24, 2.45) is 5.73 Å². The molecule has 4 aromatic rings. The Morgan fingerprint density at radius 2 is 1.90 bits per heavy atom. The Hall–Kier alpha value is -3.16. The zero-order valence-corrected chi connectivity index (χ0v) is 16.8. The molecule has 29 heavy (non-hydrogen) atoms. The van der Waals surface area contributed by atoms with Crippen LogP contribution < -0.4 is 11.1 Å². The van der Waals surface area contributed by atoms with Gasteiger partial charge in [0.05, 0.1) is 16.9 Å². The van der Waals surface area contributed by atoms with Crippen LogP contribution in [-0.4, -0.2) is 21.2 Å². The number of rotatable bonds is 6. The first-order valence-corrected chi connectivity index (χ1v) is 10.2. The number of halogens is 1. The molecule has 0 aliphatic heterocycles. The number of imidazole rings is 1. The second-order valence-electron chi connectivity index (χ2n) is 6.47. The van der Waals surface area contributed by atoms with E-state index in [-0.39, 0.29) is 12.3 Å². The number of thiazole rings is 1. The van der Waals surface area contributed by atoms with Gasteiger partial charge in [-0.05, 0) is 30.7 Å². The van der Waals surface area contributed by atoms with Crippen LogP contribution in [0.15, 0.2) is 60.1 Å². The van der Waals surface area contributed by atoms with Gasteiger partial charge in [-0.25, -0.2) is 4.98 Å². The molecule has 0 radical (unpaired) electrons. The SMILES string of the molecule is NC(=O)c1ccccc1NC(=O)CCc1csc2nc(-c3ccc(Cl)cc3)cn12. The van der Waals surface area contributed by atoms with Crippen LogP contribution in [0.2, 0.25) is 5.02 Å². The van der Waals surface area contributed by atoms with Gasteiger partial charge in [0.2, 0.25) is 5.91 Å². The van der Waals surface area contributed by atoms with Gasteiger partial charge in [-0.1, -0.05) is 35.9 Å². The van der Waals surface area contributed by atoms with Gasteiger partial charge >= 0.3 is 0 Å². The number of nitrogens with two attached hydrogens (primary N) is 1. The summed E-state index contributed by atoms with van der Waals surface area (Å²) in [4.78, 5) is 29.4. The number of carbonyl (C=O) groups excluding carboxylic acids is 2. The molecule has 2 heterocycles. The standard InChI is InChI=1S/C21H17ClN4O2S/c22-14-7-5-13(6-8-14)18-11-26-15(12-29-21(26)25-18)9-10-19(27)24-17-4-2-1-3-16(17)20(23)28/h1-8,11-12H,9-10H2,(H2,23,28)(H,24,27). The molecule has 6 nitrogen and oxygen atoms in total. The summed E-state index contributed by atoms with van der Waals surface area (Å²) < 4.78 is 2.00. The summed E-state index contributed by atoms with van der Waals surface area (Å²) in [5.41, 5.74) is 8.91. The maximum absolute atomic E-state index is 12.4. The van der Waals surface area contributed by atoms with Crippen LogP contribution in [0.3, 0.4) is 0 Å². The highest BCUT2D eigenvalue weighted by atomic mass is 35.5. The molecule has 0 saturated carbocycles. The summed E-state index contributed by atoms with van der Waals surface area (Å²) in [5.74, 6) is -0.760. The smallest absolute Gasteiger partial charge is 0.250 e. The Labute approximate surface area is 175 Å². The number of carbonyl (C=O) groups is 2. The number of aromatic nitrogens is 2. The molecule has 3 N–H and O–H groups in total. The van der Waals surface area contributed by atoms with Crippen molar-refractivity contribution in [3.05, 3.63) is 76.4 Å². The summed E-state index contributed by atoms with van der Waals surface area (Å²) in [6.07, 6.45) is 2.78. The topological polar surface area (TPSA) is 89.5 Å². The monoisotopic (exact) mass is 424 g/mol. The second-order valence-corrected chi connectivity index (χ2v) is 7.74. The van der Waals surface area contributed by atoms with Crippen LogP contribution in [0.1, 0.15) is 22.5 Å². The van der Waals surface area contributed by atoms with Crippen molar-refractivity contribution in [1.82, 2.24) is 9.38 Å². The van der Waals surface area contributed by atoms with E-state index in [1.54, 1.807) is 24.3 Å². The second kappa shape index (κ2) is 8.06. The van der Waals surface area contributed by atoms with Crippen LogP contribution >= 0.6 is 22.9 Å². The molecule has 0 spiro atoms. The summed E-state index contributed by atoms with van der Waals surface area (Å²) in [6, 6.07) is 14.2. The van der Waals surface area contributed by atoms with Gasteiger partial charge in [0.1, 0.15) is 0 Å². The van der Waals surface area contributed by atoms with Crippen molar-refractivity contribution in [2.45, 2.75) is 12.8 Å². The fraction of sp³-hybridized carbons (Fsp3) is 0.0952. The third-order valence-corrected chi connectivity index (χ3v) is 5.64. The minimum absolute atomic E-state index is 0.184. The number of aryl methyl sites for hydroxylation is 1. The highest BCUT2D eigenvalue weighted by Crippen LogP contribution is 2.25. The normalized spacial score (nSPS) is 10.9. The van der Waals surface area contributed by atoms with Crippen LogP contribution in [0, 0.1) is 0 Å². The van der Waals surface area contributed by atoms with Gasteiger partial charge < -0.3 is 11.1 Å². The van der Waals surface area contributed by atoms with Crippen LogP contribution in [0.5, 0.6) is 0 Å². The Kier molecular flexibility index (Phi) is 5.33. The quantitative estimate of drug-likeness (QED) is 0.481. The van der Waals surface area contributed by atoms with Crippen molar-refractivity contribution < 1.29 is 9.59 Å². The average Bonchev–Trinajstić information content (AvgIpc) is 3.28. The van der Waals surface area contributed by atoms with Crippen LogP contribution in [0.25, 0.3) is 16.2 Å². The number of hydrogen-bond donors (Lipinski definition) is 2. The van der Waals surface area contributed by atoms with Gasteiger partial charge in [-0.3, -0.25) is 14.0 Å². The predicted octanol–water partition coefficient (Wildman–Crippen LogP) is 4.39. The lowest BCUT2D eigenvalue weighted by molar-refractivity contribution is -0.116. The lowest BCUT2D eigenvalue weighted by atomic mass is 10.1. The van der Waals surface area contributed by atoms with E-state index in [9.17, 15) is 9.59 Å². The van der Waals surface area contributed by atoms with E-state index in [2.05, 4.69) is 10.3 Å². The van der Waals surface area contributed by atoms with Crippen LogP contribution in [-0.2, 0) is 11.2 Å². The van der Waals surface area contributed by atoms with Crippen molar-refractivity contribution >= 4 is 45.4 Å². The zero-order valence-electron chi connectivity index (χ0n) is 15.3. The first-order valence-electron chi connectivity index (χ1n) is 8.91. The molecule has 4 rings (SSSR count). The third kappa shape index (κ3) is 4.16. The summed E-state index contributed by atoms with van der Waals surface area (Å²) in [5, 5.41) is 5.44. The van der Waals surface area contributed by atoms with E-state index in [1.165, 1.54) is 11.3 Å². The van der Waals surface area contributed by atoms with Gasteiger partial charge in [-0.15, -0.1) is 11.3 Å². The summed E-state index contributed by atoms with van der Waals surface area (Å²) >= 11 is 7.48. The summed E-state index contributed by atoms with van der Waals surface area (Å²) in [7, 11) is 0. The Morgan fingerprint density at radius 1 is 1.14 bits per heavy atom. The minimum Gasteiger partial charge on any atom is -0.366 e. The van der Waals surface area contributed by atoms with Crippen molar-refractivity contribution in [3.63, 3.8) is 0 Å². The number of amides is 2. The highest BCUT2D eigenvalue weighted by Gasteiger charge is 2.13. The molecule has 146 valence electrons. The van der Waals surface area contributed by atoms with E-state index < -0.39 is 5.91 Å². The van der Waals surface area contributed by atoms with Crippen LogP contribution in [0.4, 0.5) is 5.69 Å². The number of primary amides is 1. The molecule has 0 saturated heterocycles. The maximum Gasteiger partial charge on any atom is 0.250 e. The number of nitrogens with one attached hydrogen (secondary N) is 1. The van der Waals surface area contributed by atoms with Gasteiger partial charge in [0.25, 0.3) is 5.91 Å². The minimum atomic E-state index is -0.575. The van der Waals surface area contributed by atoms with Crippen molar-refractivity contribution in [1.29, 1.82) is 0 Å². The molecule has 0 aliphatic rings. The first kappa shape index (κ1) is 19.2. The Morgan fingerprint density at radius 3 is 2.66 bits per heavy atom. The Bertz CT molecular complexity index is 1200. The van der Waals surface area contributed by atoms with E-state index >= 15 is 0 Å². The van der Waals surface area contributed by atoms with E-state index in [1.807, 2.05) is 40.2 Å². The van der Waals surface area contributed by atoms with Gasteiger partial charge in [0, 0.05) is 34.3 Å². The predicted molar refractivity (Wildman–Crippen MR) is 115 cm³/mol. The molecule has 2 aromatic carbocycles. The third-order valence-electron chi connectivity index (χ3n) is 4.50. The molecule has 0 unspecified atom stereocenters. The van der Waals surface area contributed by atoms with Gasteiger partial charge in [0.15, 0.2) is 4.96 Å². The lowest BCUT2D eigenvalue weighted by Gasteiger charge is -2.08. The molecule has 2 aromatic heterocycles. The van der Waals surface area contributed by atoms with E-state index in [0.717, 1.165) is 21.9 Å². The fourth-order valence-corrected chi connectivity index (χ4v) is 4.06. The van der Waals surface area contributed by atoms with Crippen molar-refractivity contribution in [2.75, 3.05) is 5.32 Å². The van der Waals surface area contributed by atoms with Crippen molar-refractivity contribution in [3.8, 4) is 11.3 Å². The number of para-hydroxylation sites is 1. The Balaban J connectivity index is 1.47. The largest absolute Gasteiger partial charge is 0.366 e. The number of fused-ring (bicyclic) bond motifs is 1. The zero-order chi connectivity index (χ0) is 20.4. The molecule has 0 aliphatic carbocycles. The molecule has 8 heteroatoms. The first-order chi connectivity index (χ1) is 14.0. The molecular formula is C21H17ClN4O2S. The molecule has 0 fully saturated rings. The number of hydrogen-bond acceptors (Lipinski definition) is 4. The van der Waals surface area contributed by atoms with Gasteiger partial charge in [-0.2, -0.15) is 0 Å². The number of benzene rings is 2. The number of anilines is 1. The fourth-order valence-electron chi connectivity index (χ4n) is 3.03. The highest BCUT2D eigenvalue weighted by molar-refractivity contribution is 7.15. The van der Waals surface area contributed by atoms with E-state index in [4.69, 9.17) is 17.3 Å². The van der Waals surface area contributed by atoms with E-state index in [0.29, 0.717) is 22.7 Å². The number of nitrogens with zero attached hydrogens (tertiary/aromatic N) is 2. The summed E-state index contributed by atoms with van der Waals surface area (Å²) in [6.45, 7) is 0. The maximum atomic E-state index is 12.4.